The fraction of sp³-hybridized carbons (Fsp3) is 0.250. The van der Waals surface area contributed by atoms with Crippen molar-refractivity contribution < 1.29 is 9.47 Å². The summed E-state index contributed by atoms with van der Waals surface area (Å²) < 4.78 is 13.0. The number of hydrogen-bond donors (Lipinski definition) is 1. The molecular formula is C20H21N3O2. The molecule has 0 unspecified atom stereocenters. The highest BCUT2D eigenvalue weighted by Gasteiger charge is 2.29. The van der Waals surface area contributed by atoms with E-state index in [2.05, 4.69) is 36.5 Å². The van der Waals surface area contributed by atoms with Gasteiger partial charge < -0.3 is 14.8 Å². The molecule has 0 amide bonds. The highest BCUT2D eigenvalue weighted by atomic mass is 16.5. The van der Waals surface area contributed by atoms with Crippen LogP contribution in [0.15, 0.2) is 42.5 Å². The van der Waals surface area contributed by atoms with Gasteiger partial charge in [0.15, 0.2) is 6.17 Å². The largest absolute Gasteiger partial charge is 0.497 e. The number of nitrogens with one attached hydrogen (secondary N) is 1. The van der Waals surface area contributed by atoms with E-state index in [1.54, 1.807) is 14.2 Å². The molecule has 5 nitrogen and oxygen atoms in total. The van der Waals surface area contributed by atoms with Gasteiger partial charge >= 0.3 is 0 Å². The van der Waals surface area contributed by atoms with E-state index in [0.29, 0.717) is 0 Å². The normalized spacial score (nSPS) is 15.1. The van der Waals surface area contributed by atoms with Gasteiger partial charge in [-0.25, -0.2) is 4.68 Å². The highest BCUT2D eigenvalue weighted by molar-refractivity contribution is 5.81. The predicted molar refractivity (Wildman–Crippen MR) is 98.4 cm³/mol. The van der Waals surface area contributed by atoms with Crippen LogP contribution in [-0.2, 0) is 0 Å². The monoisotopic (exact) mass is 335 g/mol. The molecule has 1 atom stereocenters. The average molecular weight is 335 g/mol. The summed E-state index contributed by atoms with van der Waals surface area (Å²) >= 11 is 0. The third-order valence-electron chi connectivity index (χ3n) is 4.67. The molecule has 0 bridgehead atoms. The fourth-order valence-electron chi connectivity index (χ4n) is 3.44. The summed E-state index contributed by atoms with van der Waals surface area (Å²) in [5.41, 5.74) is 6.63. The summed E-state index contributed by atoms with van der Waals surface area (Å²) in [5.74, 6) is 1.54. The summed E-state index contributed by atoms with van der Waals surface area (Å²) in [4.78, 5) is 0. The van der Waals surface area contributed by atoms with E-state index in [4.69, 9.17) is 14.6 Å². The minimum absolute atomic E-state index is 0.141. The minimum atomic E-state index is -0.141. The van der Waals surface area contributed by atoms with Crippen molar-refractivity contribution in [2.24, 2.45) is 0 Å². The van der Waals surface area contributed by atoms with Crippen molar-refractivity contribution in [2.45, 2.75) is 20.0 Å². The Hall–Kier alpha value is -2.95. The highest BCUT2D eigenvalue weighted by Crippen LogP contribution is 2.42. The van der Waals surface area contributed by atoms with Crippen LogP contribution in [0.25, 0.3) is 11.3 Å². The number of fused-ring (bicyclic) bond motifs is 3. The quantitative estimate of drug-likeness (QED) is 0.781. The first kappa shape index (κ1) is 15.6. The molecule has 1 aromatic heterocycles. The zero-order valence-electron chi connectivity index (χ0n) is 14.8. The Bertz CT molecular complexity index is 946. The maximum absolute atomic E-state index is 5.62. The Morgan fingerprint density at radius 3 is 2.64 bits per heavy atom. The maximum atomic E-state index is 5.62. The number of aromatic nitrogens is 2. The minimum Gasteiger partial charge on any atom is -0.497 e. The first-order valence-electron chi connectivity index (χ1n) is 8.27. The lowest BCUT2D eigenvalue weighted by Gasteiger charge is -2.31. The number of nitrogens with zero attached hydrogens (tertiary/aromatic N) is 2. The molecule has 2 heterocycles. The molecule has 128 valence electrons. The van der Waals surface area contributed by atoms with E-state index in [-0.39, 0.29) is 6.17 Å². The lowest BCUT2D eigenvalue weighted by molar-refractivity contribution is 0.386. The molecule has 0 saturated heterocycles. The lowest BCUT2D eigenvalue weighted by Crippen LogP contribution is -2.26. The second-order valence-electron chi connectivity index (χ2n) is 6.27. The molecule has 4 rings (SSSR count). The third-order valence-corrected chi connectivity index (χ3v) is 4.67. The van der Waals surface area contributed by atoms with Crippen LogP contribution in [0, 0.1) is 13.8 Å². The van der Waals surface area contributed by atoms with Crippen LogP contribution in [0.2, 0.25) is 0 Å². The van der Waals surface area contributed by atoms with E-state index in [9.17, 15) is 0 Å². The van der Waals surface area contributed by atoms with Crippen LogP contribution in [0.4, 0.5) is 5.69 Å². The van der Waals surface area contributed by atoms with Crippen LogP contribution < -0.4 is 14.8 Å². The molecular weight excluding hydrogens is 314 g/mol. The topological polar surface area (TPSA) is 48.3 Å². The van der Waals surface area contributed by atoms with Gasteiger partial charge in [-0.2, -0.15) is 5.10 Å². The number of benzene rings is 2. The Morgan fingerprint density at radius 1 is 1.04 bits per heavy atom. The Balaban J connectivity index is 1.91. The molecule has 1 aliphatic heterocycles. The number of para-hydroxylation sites is 1. The molecule has 5 heteroatoms. The molecule has 0 radical (unpaired) electrons. The van der Waals surface area contributed by atoms with Crippen molar-refractivity contribution in [3.63, 3.8) is 0 Å². The number of rotatable bonds is 3. The van der Waals surface area contributed by atoms with Gasteiger partial charge in [0.2, 0.25) is 0 Å². The van der Waals surface area contributed by atoms with Crippen molar-refractivity contribution in [3.05, 3.63) is 59.3 Å². The van der Waals surface area contributed by atoms with Crippen molar-refractivity contribution in [1.82, 2.24) is 9.78 Å². The first-order valence-corrected chi connectivity index (χ1v) is 8.27. The van der Waals surface area contributed by atoms with E-state index in [1.165, 1.54) is 11.1 Å². The Labute approximate surface area is 147 Å². The smallest absolute Gasteiger partial charge is 0.150 e. The fourth-order valence-corrected chi connectivity index (χ4v) is 3.44. The number of anilines is 1. The van der Waals surface area contributed by atoms with Crippen LogP contribution in [0.5, 0.6) is 11.5 Å². The molecule has 3 aromatic rings. The summed E-state index contributed by atoms with van der Waals surface area (Å²) in [6.07, 6.45) is -0.141. The molecule has 2 aromatic carbocycles. The van der Waals surface area contributed by atoms with Gasteiger partial charge in [-0.15, -0.1) is 0 Å². The SMILES string of the molecule is COc1ccc([C@H]2Nc3c(C)cccc3-c3cc(C)nn32)c(OC)c1. The molecule has 1 aliphatic rings. The van der Waals surface area contributed by atoms with Gasteiger partial charge in [-0.3, -0.25) is 0 Å². The van der Waals surface area contributed by atoms with E-state index in [0.717, 1.165) is 34.1 Å². The van der Waals surface area contributed by atoms with Crippen molar-refractivity contribution in [3.8, 4) is 22.8 Å². The standard InChI is InChI=1S/C20H21N3O2/c1-12-6-5-7-15-17-10-13(2)22-23(17)20(21-19(12)15)16-9-8-14(24-3)11-18(16)25-4/h5-11,20-21H,1-4H3/t20-/m0/s1. The second kappa shape index (κ2) is 5.84. The van der Waals surface area contributed by atoms with Crippen LogP contribution >= 0.6 is 0 Å². The summed E-state index contributed by atoms with van der Waals surface area (Å²) in [6.45, 7) is 4.14. The summed E-state index contributed by atoms with van der Waals surface area (Å²) in [7, 11) is 3.33. The van der Waals surface area contributed by atoms with Gasteiger partial charge in [0.05, 0.1) is 25.6 Å². The second-order valence-corrected chi connectivity index (χ2v) is 6.27. The van der Waals surface area contributed by atoms with Gasteiger partial charge in [0.1, 0.15) is 11.5 Å². The Morgan fingerprint density at radius 2 is 1.88 bits per heavy atom. The van der Waals surface area contributed by atoms with E-state index >= 15 is 0 Å². The molecule has 0 aliphatic carbocycles. The molecule has 0 spiro atoms. The van der Waals surface area contributed by atoms with Crippen molar-refractivity contribution in [1.29, 1.82) is 0 Å². The van der Waals surface area contributed by atoms with Crippen molar-refractivity contribution >= 4 is 5.69 Å². The number of ether oxygens (including phenoxy) is 2. The molecule has 0 saturated carbocycles. The van der Waals surface area contributed by atoms with Crippen LogP contribution in [0.3, 0.4) is 0 Å². The average Bonchev–Trinajstić information content (AvgIpc) is 3.02. The van der Waals surface area contributed by atoms with Crippen LogP contribution in [0.1, 0.15) is 23.0 Å². The van der Waals surface area contributed by atoms with Crippen LogP contribution in [-0.4, -0.2) is 24.0 Å². The molecule has 0 fully saturated rings. The first-order chi connectivity index (χ1) is 12.1. The van der Waals surface area contributed by atoms with E-state index in [1.807, 2.05) is 29.8 Å². The predicted octanol–water partition coefficient (Wildman–Crippen LogP) is 4.16. The molecule has 1 N–H and O–H groups in total. The van der Waals surface area contributed by atoms with Gasteiger partial charge in [0.25, 0.3) is 0 Å². The summed E-state index contributed by atoms with van der Waals surface area (Å²) in [6, 6.07) is 14.3. The lowest BCUT2D eigenvalue weighted by atomic mass is 10.00. The zero-order valence-corrected chi connectivity index (χ0v) is 14.8. The molecule has 25 heavy (non-hydrogen) atoms. The number of aryl methyl sites for hydroxylation is 2. The maximum Gasteiger partial charge on any atom is 0.150 e. The number of hydrogen-bond acceptors (Lipinski definition) is 4. The Kier molecular flexibility index (Phi) is 3.64. The van der Waals surface area contributed by atoms with Crippen molar-refractivity contribution in [2.75, 3.05) is 19.5 Å². The third kappa shape index (κ3) is 2.43. The van der Waals surface area contributed by atoms with E-state index < -0.39 is 0 Å². The van der Waals surface area contributed by atoms with Gasteiger partial charge in [-0.05, 0) is 37.6 Å². The summed E-state index contributed by atoms with van der Waals surface area (Å²) in [5, 5.41) is 8.37. The van der Waals surface area contributed by atoms with Gasteiger partial charge in [0, 0.05) is 22.9 Å². The number of methoxy groups -OCH3 is 2. The zero-order chi connectivity index (χ0) is 17.6. The van der Waals surface area contributed by atoms with Gasteiger partial charge in [-0.1, -0.05) is 18.2 Å².